The van der Waals surface area contributed by atoms with Gasteiger partial charge in [0.1, 0.15) is 0 Å². The van der Waals surface area contributed by atoms with Gasteiger partial charge in [-0.3, -0.25) is 14.5 Å². The molecule has 2 N–H and O–H groups in total. The van der Waals surface area contributed by atoms with E-state index < -0.39 is 0 Å². The van der Waals surface area contributed by atoms with E-state index in [-0.39, 0.29) is 54.6 Å². The van der Waals surface area contributed by atoms with Crippen molar-refractivity contribution in [3.8, 4) is 0 Å². The number of rotatable bonds is 4. The average molecular weight is 389 g/mol. The smallest absolute Gasteiger partial charge is 0.319 e. The van der Waals surface area contributed by atoms with E-state index in [1.54, 1.807) is 0 Å². The molecule has 148 valence electrons. The average Bonchev–Trinajstić information content (AvgIpc) is 3.02. The number of likely N-dealkylation sites (tertiary alicyclic amines) is 1. The van der Waals surface area contributed by atoms with Crippen LogP contribution < -0.4 is 10.6 Å². The Kier molecular flexibility index (Phi) is 4.34. The molecule has 2 aromatic carbocycles. The van der Waals surface area contributed by atoms with Gasteiger partial charge in [0, 0.05) is 18.5 Å². The Morgan fingerprint density at radius 2 is 1.59 bits per heavy atom. The monoisotopic (exact) mass is 389 g/mol. The summed E-state index contributed by atoms with van der Waals surface area (Å²) in [5.41, 5.74) is 0.725. The molecule has 1 saturated heterocycles. The van der Waals surface area contributed by atoms with Gasteiger partial charge in [0.15, 0.2) is 0 Å². The summed E-state index contributed by atoms with van der Waals surface area (Å²) in [5, 5.41) is 7.64. The van der Waals surface area contributed by atoms with Gasteiger partial charge < -0.3 is 10.6 Å². The molecule has 4 amide bonds. The Hall–Kier alpha value is -3.15. The third-order valence-electron chi connectivity index (χ3n) is 6.51. The van der Waals surface area contributed by atoms with Crippen LogP contribution in [0.3, 0.4) is 0 Å². The summed E-state index contributed by atoms with van der Waals surface area (Å²) >= 11 is 0. The van der Waals surface area contributed by atoms with Gasteiger partial charge in [-0.15, -0.1) is 0 Å². The molecule has 6 rings (SSSR count). The van der Waals surface area contributed by atoms with Gasteiger partial charge in [-0.25, -0.2) is 4.79 Å². The molecule has 2 bridgehead atoms. The normalized spacial score (nSPS) is 27.4. The van der Waals surface area contributed by atoms with Crippen molar-refractivity contribution < 1.29 is 14.4 Å². The van der Waals surface area contributed by atoms with Crippen molar-refractivity contribution in [1.29, 1.82) is 0 Å². The first-order chi connectivity index (χ1) is 14.1. The fourth-order valence-electron chi connectivity index (χ4n) is 5.14. The quantitative estimate of drug-likeness (QED) is 0.623. The third-order valence-corrected chi connectivity index (χ3v) is 6.51. The van der Waals surface area contributed by atoms with Crippen LogP contribution in [0.5, 0.6) is 0 Å². The van der Waals surface area contributed by atoms with Crippen LogP contribution in [-0.4, -0.2) is 35.8 Å². The van der Waals surface area contributed by atoms with Crippen LogP contribution in [0.15, 0.2) is 54.6 Å². The molecule has 3 aliphatic carbocycles. The van der Waals surface area contributed by atoms with Crippen LogP contribution >= 0.6 is 0 Å². The molecule has 29 heavy (non-hydrogen) atoms. The maximum atomic E-state index is 12.8. The molecule has 0 aromatic heterocycles. The first kappa shape index (κ1) is 17.9. The first-order valence-electron chi connectivity index (χ1n) is 10.2. The summed E-state index contributed by atoms with van der Waals surface area (Å²) in [6.07, 6.45) is 6.20. The number of fused-ring (bicyclic) bond motifs is 2. The minimum atomic E-state index is -0.348. The van der Waals surface area contributed by atoms with Crippen molar-refractivity contribution >= 4 is 34.3 Å². The molecule has 6 nitrogen and oxygen atoms in total. The van der Waals surface area contributed by atoms with Crippen LogP contribution in [0.2, 0.25) is 0 Å². The Morgan fingerprint density at radius 1 is 0.931 bits per heavy atom. The second-order valence-corrected chi connectivity index (χ2v) is 8.08. The molecular weight excluding hydrogens is 366 g/mol. The Bertz CT molecular complexity index is 994. The summed E-state index contributed by atoms with van der Waals surface area (Å²) in [4.78, 5) is 39.3. The molecule has 1 heterocycles. The van der Waals surface area contributed by atoms with Gasteiger partial charge in [0.2, 0.25) is 11.8 Å². The van der Waals surface area contributed by atoms with Gasteiger partial charge in [0.25, 0.3) is 0 Å². The van der Waals surface area contributed by atoms with Gasteiger partial charge in [-0.05, 0) is 36.1 Å². The lowest BCUT2D eigenvalue weighted by atomic mass is 9.63. The van der Waals surface area contributed by atoms with E-state index in [1.807, 2.05) is 42.5 Å². The molecule has 1 aliphatic heterocycles. The Morgan fingerprint density at radius 3 is 2.28 bits per heavy atom. The van der Waals surface area contributed by atoms with Crippen molar-refractivity contribution in [2.24, 2.45) is 23.7 Å². The number of anilines is 1. The highest BCUT2D eigenvalue weighted by Gasteiger charge is 2.56. The summed E-state index contributed by atoms with van der Waals surface area (Å²) < 4.78 is 0. The number of hydrogen-bond acceptors (Lipinski definition) is 3. The lowest BCUT2D eigenvalue weighted by Crippen LogP contribution is -2.40. The van der Waals surface area contributed by atoms with Gasteiger partial charge in [0.05, 0.1) is 17.5 Å². The van der Waals surface area contributed by atoms with E-state index in [0.29, 0.717) is 0 Å². The summed E-state index contributed by atoms with van der Waals surface area (Å²) in [6, 6.07) is 13.2. The largest absolute Gasteiger partial charge is 0.336 e. The van der Waals surface area contributed by atoms with Gasteiger partial charge >= 0.3 is 6.03 Å². The maximum Gasteiger partial charge on any atom is 0.319 e. The Balaban J connectivity index is 1.20. The van der Waals surface area contributed by atoms with Gasteiger partial charge in [-0.2, -0.15) is 0 Å². The van der Waals surface area contributed by atoms with Crippen molar-refractivity contribution in [2.45, 2.75) is 12.8 Å². The van der Waals surface area contributed by atoms with E-state index in [2.05, 4.69) is 22.8 Å². The summed E-state index contributed by atoms with van der Waals surface area (Å²) in [5.74, 6) is -0.166. The highest BCUT2D eigenvalue weighted by molar-refractivity contribution is 6.06. The number of hydrogen-bond donors (Lipinski definition) is 2. The molecule has 1 saturated carbocycles. The number of carbonyl (C=O) groups excluding carboxylic acids is 3. The highest BCUT2D eigenvalue weighted by atomic mass is 16.2. The van der Waals surface area contributed by atoms with E-state index in [9.17, 15) is 14.4 Å². The van der Waals surface area contributed by atoms with Crippen molar-refractivity contribution in [1.82, 2.24) is 10.2 Å². The molecule has 4 atom stereocenters. The molecule has 2 aromatic rings. The van der Waals surface area contributed by atoms with E-state index in [1.165, 1.54) is 4.90 Å². The van der Waals surface area contributed by atoms with Crippen LogP contribution in [0.25, 0.3) is 10.8 Å². The molecule has 4 aliphatic rings. The van der Waals surface area contributed by atoms with Crippen LogP contribution in [0.4, 0.5) is 10.5 Å². The van der Waals surface area contributed by atoms with Gasteiger partial charge in [-0.1, -0.05) is 48.6 Å². The standard InChI is InChI=1S/C23H23N3O3/c27-21-19-15-8-9-16(11-10-15)20(19)22(28)26(21)13-12-24-23(29)25-18-7-3-5-14-4-1-2-6-17(14)18/h1-9,15-16,19-20H,10-13H2,(H2,24,25,29)/t15-,16-,19-,20+/m0/s1. The molecular formula is C23H23N3O3. The third kappa shape index (κ3) is 2.99. The Labute approximate surface area is 168 Å². The first-order valence-corrected chi connectivity index (χ1v) is 10.2. The fourth-order valence-corrected chi connectivity index (χ4v) is 5.14. The summed E-state index contributed by atoms with van der Waals surface area (Å²) in [7, 11) is 0. The van der Waals surface area contributed by atoms with E-state index in [0.717, 1.165) is 29.3 Å². The number of nitrogens with one attached hydrogen (secondary N) is 2. The predicted molar refractivity (Wildman–Crippen MR) is 110 cm³/mol. The number of amides is 4. The highest BCUT2D eigenvalue weighted by Crippen LogP contribution is 2.49. The fraction of sp³-hybridized carbons (Fsp3) is 0.348. The minimum Gasteiger partial charge on any atom is -0.336 e. The number of imide groups is 1. The number of benzene rings is 2. The topological polar surface area (TPSA) is 78.5 Å². The van der Waals surface area contributed by atoms with E-state index >= 15 is 0 Å². The number of nitrogens with zero attached hydrogens (tertiary/aromatic N) is 1. The van der Waals surface area contributed by atoms with Crippen molar-refractivity contribution in [3.05, 3.63) is 54.6 Å². The van der Waals surface area contributed by atoms with Crippen LogP contribution in [0, 0.1) is 23.7 Å². The number of urea groups is 1. The second-order valence-electron chi connectivity index (χ2n) is 8.08. The molecule has 6 heteroatoms. The zero-order valence-electron chi connectivity index (χ0n) is 16.0. The van der Waals surface area contributed by atoms with Crippen molar-refractivity contribution in [3.63, 3.8) is 0 Å². The number of allylic oxidation sites excluding steroid dienone is 2. The molecule has 0 radical (unpaired) electrons. The SMILES string of the molecule is O=C(NCCN1C(=O)[C@@H]2[C@H](C1=O)[C@H]1C=C[C@H]2CC1)Nc1cccc2ccccc12. The number of carbonyl (C=O) groups is 3. The summed E-state index contributed by atoms with van der Waals surface area (Å²) in [6.45, 7) is 0.448. The minimum absolute atomic E-state index is 0.0738. The second kappa shape index (κ2) is 7.03. The predicted octanol–water partition coefficient (Wildman–Crippen LogP) is 3.16. The maximum absolute atomic E-state index is 12.8. The van der Waals surface area contributed by atoms with Crippen molar-refractivity contribution in [2.75, 3.05) is 18.4 Å². The lowest BCUT2D eigenvalue weighted by molar-refractivity contribution is -0.140. The zero-order chi connectivity index (χ0) is 20.0. The lowest BCUT2D eigenvalue weighted by Gasteiger charge is -2.38. The van der Waals surface area contributed by atoms with Crippen LogP contribution in [0.1, 0.15) is 12.8 Å². The molecule has 0 spiro atoms. The van der Waals surface area contributed by atoms with Crippen LogP contribution in [-0.2, 0) is 9.59 Å². The zero-order valence-corrected chi connectivity index (χ0v) is 16.0. The van der Waals surface area contributed by atoms with E-state index in [4.69, 9.17) is 0 Å². The molecule has 0 unspecified atom stereocenters. The molecule has 2 fully saturated rings.